The number of hydrogen-bond acceptors (Lipinski definition) is 1. The highest BCUT2D eigenvalue weighted by molar-refractivity contribution is 6.17. The molecule has 2 rings (SSSR count). The monoisotopic (exact) mass is 261 g/mol. The molecule has 94 valence electrons. The van der Waals surface area contributed by atoms with Gasteiger partial charge in [0.2, 0.25) is 0 Å². The fraction of sp³-hybridized carbons (Fsp3) is 0.267. The second kappa shape index (κ2) is 6.41. The molecule has 0 aliphatic heterocycles. The van der Waals surface area contributed by atoms with Crippen molar-refractivity contribution in [2.24, 2.45) is 0 Å². The van der Waals surface area contributed by atoms with Crippen molar-refractivity contribution >= 4 is 11.6 Å². The van der Waals surface area contributed by atoms with Gasteiger partial charge in [-0.25, -0.2) is 0 Å². The third kappa shape index (κ3) is 3.23. The van der Waals surface area contributed by atoms with Crippen LogP contribution in [-0.2, 0) is 6.54 Å². The highest BCUT2D eigenvalue weighted by Crippen LogP contribution is 2.16. The zero-order valence-electron chi connectivity index (χ0n) is 10.2. The van der Waals surface area contributed by atoms with E-state index in [9.17, 15) is 4.79 Å². The van der Waals surface area contributed by atoms with Gasteiger partial charge in [0.25, 0.3) is 5.56 Å². The zero-order chi connectivity index (χ0) is 12.8. The van der Waals surface area contributed by atoms with Crippen LogP contribution in [0.5, 0.6) is 0 Å². The third-order valence-electron chi connectivity index (χ3n) is 2.89. The molecule has 0 saturated heterocycles. The highest BCUT2D eigenvalue weighted by Gasteiger charge is 2.00. The summed E-state index contributed by atoms with van der Waals surface area (Å²) in [4.78, 5) is 11.9. The molecule has 0 atom stereocenters. The number of benzene rings is 1. The first kappa shape index (κ1) is 12.9. The zero-order valence-corrected chi connectivity index (χ0v) is 10.9. The molecule has 0 aliphatic carbocycles. The molecule has 3 heteroatoms. The van der Waals surface area contributed by atoms with Gasteiger partial charge in [0.1, 0.15) is 0 Å². The molecule has 0 bridgehead atoms. The van der Waals surface area contributed by atoms with Gasteiger partial charge in [-0.1, -0.05) is 30.3 Å². The van der Waals surface area contributed by atoms with E-state index >= 15 is 0 Å². The maximum Gasteiger partial charge on any atom is 0.251 e. The molecule has 0 fully saturated rings. The van der Waals surface area contributed by atoms with Crippen LogP contribution < -0.4 is 5.56 Å². The molecule has 2 nitrogen and oxygen atoms in total. The standard InChI is InChI=1S/C15H16ClNO/c16-9-4-5-10-17-11-8-14(12-15(17)18)13-6-2-1-3-7-13/h1-3,6-8,11-12H,4-5,9-10H2. The predicted molar refractivity (Wildman–Crippen MR) is 76.1 cm³/mol. The van der Waals surface area contributed by atoms with E-state index in [0.29, 0.717) is 5.88 Å². The SMILES string of the molecule is O=c1cc(-c2ccccc2)ccn1CCCCCl. The van der Waals surface area contributed by atoms with Gasteiger partial charge in [-0.15, -0.1) is 11.6 Å². The van der Waals surface area contributed by atoms with E-state index in [1.54, 1.807) is 10.6 Å². The summed E-state index contributed by atoms with van der Waals surface area (Å²) >= 11 is 5.63. The number of rotatable bonds is 5. The fourth-order valence-electron chi connectivity index (χ4n) is 1.88. The van der Waals surface area contributed by atoms with Crippen LogP contribution in [-0.4, -0.2) is 10.4 Å². The maximum absolute atomic E-state index is 11.9. The smallest absolute Gasteiger partial charge is 0.251 e. The topological polar surface area (TPSA) is 22.0 Å². The average Bonchev–Trinajstić information content (AvgIpc) is 2.42. The van der Waals surface area contributed by atoms with Crippen LogP contribution in [0.3, 0.4) is 0 Å². The summed E-state index contributed by atoms with van der Waals surface area (Å²) in [5.41, 5.74) is 2.09. The second-order valence-corrected chi connectivity index (χ2v) is 4.59. The number of unbranched alkanes of at least 4 members (excludes halogenated alkanes) is 1. The molecule has 0 unspecified atom stereocenters. The number of aryl methyl sites for hydroxylation is 1. The molecule has 18 heavy (non-hydrogen) atoms. The lowest BCUT2D eigenvalue weighted by molar-refractivity contribution is 0.615. The van der Waals surface area contributed by atoms with Gasteiger partial charge in [0.15, 0.2) is 0 Å². The first-order valence-corrected chi connectivity index (χ1v) is 6.66. The van der Waals surface area contributed by atoms with Crippen molar-refractivity contribution in [1.29, 1.82) is 0 Å². The molecule has 1 heterocycles. The van der Waals surface area contributed by atoms with Gasteiger partial charge in [0, 0.05) is 24.7 Å². The van der Waals surface area contributed by atoms with Crippen LogP contribution in [0.1, 0.15) is 12.8 Å². The number of hydrogen-bond donors (Lipinski definition) is 0. The van der Waals surface area contributed by atoms with Crippen LogP contribution in [0.2, 0.25) is 0 Å². The Labute approximate surface area is 112 Å². The Morgan fingerprint density at radius 1 is 1.00 bits per heavy atom. The largest absolute Gasteiger partial charge is 0.316 e. The molecule has 0 N–H and O–H groups in total. The van der Waals surface area contributed by atoms with Crippen molar-refractivity contribution < 1.29 is 0 Å². The Bertz CT molecular complexity index is 548. The van der Waals surface area contributed by atoms with E-state index in [4.69, 9.17) is 11.6 Å². The minimum absolute atomic E-state index is 0.0472. The Hall–Kier alpha value is -1.54. The number of halogens is 1. The van der Waals surface area contributed by atoms with Crippen LogP contribution in [0.15, 0.2) is 53.5 Å². The van der Waals surface area contributed by atoms with Crippen LogP contribution >= 0.6 is 11.6 Å². The lowest BCUT2D eigenvalue weighted by Crippen LogP contribution is -2.18. The summed E-state index contributed by atoms with van der Waals surface area (Å²) in [5, 5.41) is 0. The summed E-state index contributed by atoms with van der Waals surface area (Å²) in [7, 11) is 0. The van der Waals surface area contributed by atoms with E-state index in [2.05, 4.69) is 0 Å². The second-order valence-electron chi connectivity index (χ2n) is 4.21. The third-order valence-corrected chi connectivity index (χ3v) is 3.15. The molecule has 1 aromatic carbocycles. The molecule has 0 amide bonds. The molecular formula is C15H16ClNO. The van der Waals surface area contributed by atoms with Gasteiger partial charge in [-0.2, -0.15) is 0 Å². The van der Waals surface area contributed by atoms with Gasteiger partial charge >= 0.3 is 0 Å². The lowest BCUT2D eigenvalue weighted by Gasteiger charge is -2.06. The number of pyridine rings is 1. The summed E-state index contributed by atoms with van der Waals surface area (Å²) in [6.07, 6.45) is 3.74. The quantitative estimate of drug-likeness (QED) is 0.596. The molecule has 0 radical (unpaired) electrons. The first-order chi connectivity index (χ1) is 8.81. The number of alkyl halides is 1. The molecule has 2 aromatic rings. The van der Waals surface area contributed by atoms with Crippen molar-refractivity contribution in [3.8, 4) is 11.1 Å². The number of aromatic nitrogens is 1. The summed E-state index contributed by atoms with van der Waals surface area (Å²) in [6.45, 7) is 0.737. The molecule has 1 aromatic heterocycles. The van der Waals surface area contributed by atoms with E-state index < -0.39 is 0 Å². The van der Waals surface area contributed by atoms with Crippen LogP contribution in [0.25, 0.3) is 11.1 Å². The summed E-state index contributed by atoms with van der Waals surface area (Å²) in [5.74, 6) is 0.650. The van der Waals surface area contributed by atoms with Gasteiger partial charge in [-0.3, -0.25) is 4.79 Å². The van der Waals surface area contributed by atoms with E-state index in [1.807, 2.05) is 42.6 Å². The van der Waals surface area contributed by atoms with Gasteiger partial charge in [-0.05, 0) is 30.0 Å². The van der Waals surface area contributed by atoms with Crippen molar-refractivity contribution in [2.75, 3.05) is 5.88 Å². The molecule has 0 saturated carbocycles. The highest BCUT2D eigenvalue weighted by atomic mass is 35.5. The fourth-order valence-corrected chi connectivity index (χ4v) is 2.07. The van der Waals surface area contributed by atoms with E-state index in [1.165, 1.54) is 0 Å². The minimum Gasteiger partial charge on any atom is -0.316 e. The molecule has 0 aliphatic rings. The van der Waals surface area contributed by atoms with Crippen LogP contribution in [0.4, 0.5) is 0 Å². The van der Waals surface area contributed by atoms with E-state index in [-0.39, 0.29) is 5.56 Å². The van der Waals surface area contributed by atoms with Crippen molar-refractivity contribution in [3.63, 3.8) is 0 Å². The van der Waals surface area contributed by atoms with E-state index in [0.717, 1.165) is 30.5 Å². The van der Waals surface area contributed by atoms with Crippen molar-refractivity contribution in [2.45, 2.75) is 19.4 Å². The first-order valence-electron chi connectivity index (χ1n) is 6.13. The maximum atomic E-state index is 11.9. The Balaban J connectivity index is 2.18. The summed E-state index contributed by atoms with van der Waals surface area (Å²) in [6, 6.07) is 13.6. The normalized spacial score (nSPS) is 10.5. The molecule has 0 spiro atoms. The Morgan fingerprint density at radius 2 is 1.78 bits per heavy atom. The van der Waals surface area contributed by atoms with Crippen LogP contribution in [0, 0.1) is 0 Å². The van der Waals surface area contributed by atoms with Gasteiger partial charge < -0.3 is 4.57 Å². The predicted octanol–water partition coefficient (Wildman–Crippen LogP) is 3.53. The summed E-state index contributed by atoms with van der Waals surface area (Å²) < 4.78 is 1.74. The van der Waals surface area contributed by atoms with Crippen molar-refractivity contribution in [3.05, 3.63) is 59.0 Å². The minimum atomic E-state index is 0.0472. The molecular weight excluding hydrogens is 246 g/mol. The Kier molecular flexibility index (Phi) is 4.59. The lowest BCUT2D eigenvalue weighted by atomic mass is 10.1. The average molecular weight is 262 g/mol. The van der Waals surface area contributed by atoms with Crippen molar-refractivity contribution in [1.82, 2.24) is 4.57 Å². The van der Waals surface area contributed by atoms with Gasteiger partial charge in [0.05, 0.1) is 0 Å². The Morgan fingerprint density at radius 3 is 2.44 bits per heavy atom. The number of nitrogens with zero attached hydrogens (tertiary/aromatic N) is 1.